The van der Waals surface area contributed by atoms with Gasteiger partial charge in [-0.2, -0.15) is 0 Å². The molecule has 0 unspecified atom stereocenters. The number of unbranched alkanes of at least 4 members (excludes halogenated alkanes) is 4. The highest BCUT2D eigenvalue weighted by Gasteiger charge is 2.17. The molecule has 0 aliphatic rings. The average molecular weight is 307 g/mol. The molecule has 7 heteroatoms. The Kier molecular flexibility index (Phi) is 7.15. The molecule has 0 saturated carbocycles. The van der Waals surface area contributed by atoms with Crippen LogP contribution in [0, 0.1) is 17.0 Å². The molecule has 0 aromatic carbocycles. The van der Waals surface area contributed by atoms with Crippen molar-refractivity contribution in [1.82, 2.24) is 10.3 Å². The number of carbonyl (C=O) groups is 2. The van der Waals surface area contributed by atoms with Gasteiger partial charge in [-0.1, -0.05) is 32.6 Å². The molecule has 7 nitrogen and oxygen atoms in total. The van der Waals surface area contributed by atoms with Gasteiger partial charge in [0.15, 0.2) is 0 Å². The normalized spacial score (nSPS) is 10.3. The molecule has 120 valence electrons. The van der Waals surface area contributed by atoms with Crippen molar-refractivity contribution in [2.75, 3.05) is 0 Å². The van der Waals surface area contributed by atoms with Gasteiger partial charge in [0.2, 0.25) is 5.91 Å². The molecule has 0 spiro atoms. The molecule has 0 atom stereocenters. The van der Waals surface area contributed by atoms with Crippen molar-refractivity contribution in [1.29, 1.82) is 0 Å². The number of nitrogens with zero attached hydrogens (tertiary/aromatic N) is 2. The third-order valence-corrected chi connectivity index (χ3v) is 3.29. The largest absolute Gasteiger partial charge is 0.292 e. The summed E-state index contributed by atoms with van der Waals surface area (Å²) >= 11 is 0. The minimum absolute atomic E-state index is 0.0496. The summed E-state index contributed by atoms with van der Waals surface area (Å²) in [6.45, 7) is 3.68. The molecule has 22 heavy (non-hydrogen) atoms. The molecule has 0 radical (unpaired) electrons. The summed E-state index contributed by atoms with van der Waals surface area (Å²) < 4.78 is 0. The topological polar surface area (TPSA) is 102 Å². The number of carbonyl (C=O) groups excluding carboxylic acids is 2. The quantitative estimate of drug-likeness (QED) is 0.452. The predicted molar refractivity (Wildman–Crippen MR) is 81.5 cm³/mol. The van der Waals surface area contributed by atoms with E-state index >= 15 is 0 Å². The van der Waals surface area contributed by atoms with E-state index in [0.717, 1.165) is 44.4 Å². The van der Waals surface area contributed by atoms with Crippen molar-refractivity contribution >= 4 is 17.5 Å². The third-order valence-electron chi connectivity index (χ3n) is 3.29. The van der Waals surface area contributed by atoms with Crippen LogP contribution in [0.15, 0.2) is 12.3 Å². The summed E-state index contributed by atoms with van der Waals surface area (Å²) in [6.07, 6.45) is 6.38. The van der Waals surface area contributed by atoms with E-state index in [1.165, 1.54) is 0 Å². The number of aromatic nitrogens is 1. The van der Waals surface area contributed by atoms with Gasteiger partial charge in [-0.05, 0) is 13.3 Å². The standard InChI is InChI=1S/C15H21N3O4/c1-3-4-5-6-7-8-14(19)17-15(20)13-9-12(18(21)22)10-16-11(13)2/h9-10H,3-8H2,1-2H3,(H,17,19,20). The fourth-order valence-corrected chi connectivity index (χ4v) is 2.00. The zero-order valence-corrected chi connectivity index (χ0v) is 12.9. The fraction of sp³-hybridized carbons (Fsp3) is 0.533. The molecule has 0 aliphatic carbocycles. The minimum atomic E-state index is -0.646. The second-order valence-electron chi connectivity index (χ2n) is 5.13. The van der Waals surface area contributed by atoms with E-state index in [1.54, 1.807) is 6.92 Å². The maximum Gasteiger partial charge on any atom is 0.288 e. The lowest BCUT2D eigenvalue weighted by atomic mass is 10.1. The first-order valence-electron chi connectivity index (χ1n) is 7.41. The molecule has 0 bridgehead atoms. The number of hydrogen-bond donors (Lipinski definition) is 1. The van der Waals surface area contributed by atoms with Crippen LogP contribution < -0.4 is 5.32 Å². The first-order valence-corrected chi connectivity index (χ1v) is 7.41. The summed E-state index contributed by atoms with van der Waals surface area (Å²) in [5, 5.41) is 13.0. The Labute approximate surface area is 129 Å². The lowest BCUT2D eigenvalue weighted by Crippen LogP contribution is -2.31. The van der Waals surface area contributed by atoms with E-state index in [4.69, 9.17) is 0 Å². The number of nitro groups is 1. The predicted octanol–water partition coefficient (Wildman–Crippen LogP) is 2.92. The highest BCUT2D eigenvalue weighted by molar-refractivity contribution is 6.05. The Balaban J connectivity index is 2.56. The molecule has 0 aliphatic heterocycles. The first-order chi connectivity index (χ1) is 10.5. The van der Waals surface area contributed by atoms with Crippen LogP contribution in [0.1, 0.15) is 61.5 Å². The average Bonchev–Trinajstić information content (AvgIpc) is 2.47. The van der Waals surface area contributed by atoms with Gasteiger partial charge in [0.1, 0.15) is 6.20 Å². The van der Waals surface area contributed by atoms with Gasteiger partial charge in [-0.15, -0.1) is 0 Å². The summed E-state index contributed by atoms with van der Waals surface area (Å²) in [5.41, 5.74) is 0.121. The number of pyridine rings is 1. The monoisotopic (exact) mass is 307 g/mol. The fourth-order valence-electron chi connectivity index (χ4n) is 2.00. The van der Waals surface area contributed by atoms with E-state index in [1.807, 2.05) is 0 Å². The van der Waals surface area contributed by atoms with E-state index in [9.17, 15) is 19.7 Å². The van der Waals surface area contributed by atoms with Crippen LogP contribution >= 0.6 is 0 Å². The van der Waals surface area contributed by atoms with Crippen LogP contribution in [0.4, 0.5) is 5.69 Å². The van der Waals surface area contributed by atoms with Crippen molar-refractivity contribution in [2.24, 2.45) is 0 Å². The van der Waals surface area contributed by atoms with Gasteiger partial charge < -0.3 is 0 Å². The first kappa shape index (κ1) is 17.7. The number of nitrogens with one attached hydrogen (secondary N) is 1. The molecule has 1 rings (SSSR count). The molecule has 0 fully saturated rings. The van der Waals surface area contributed by atoms with Crippen molar-refractivity contribution in [3.05, 3.63) is 33.6 Å². The van der Waals surface area contributed by atoms with Crippen molar-refractivity contribution in [3.8, 4) is 0 Å². The number of hydrogen-bond acceptors (Lipinski definition) is 5. The van der Waals surface area contributed by atoms with Crippen LogP contribution in [-0.4, -0.2) is 21.7 Å². The third kappa shape index (κ3) is 5.59. The van der Waals surface area contributed by atoms with E-state index in [0.29, 0.717) is 5.69 Å². The number of aryl methyl sites for hydroxylation is 1. The summed E-state index contributed by atoms with van der Waals surface area (Å²) in [6, 6.07) is 1.13. The zero-order valence-electron chi connectivity index (χ0n) is 12.9. The Bertz CT molecular complexity index is 558. The molecule has 0 saturated heterocycles. The second-order valence-corrected chi connectivity index (χ2v) is 5.13. The Morgan fingerprint density at radius 3 is 2.59 bits per heavy atom. The van der Waals surface area contributed by atoms with Gasteiger partial charge in [0.25, 0.3) is 11.6 Å². The molecular formula is C15H21N3O4. The van der Waals surface area contributed by atoms with Crippen molar-refractivity contribution in [3.63, 3.8) is 0 Å². The van der Waals surface area contributed by atoms with Crippen LogP contribution in [-0.2, 0) is 4.79 Å². The zero-order chi connectivity index (χ0) is 16.5. The molecule has 1 N–H and O–H groups in total. The number of imide groups is 1. The van der Waals surface area contributed by atoms with Crippen LogP contribution in [0.5, 0.6) is 0 Å². The summed E-state index contributed by atoms with van der Waals surface area (Å²) in [7, 11) is 0. The van der Waals surface area contributed by atoms with Gasteiger partial charge in [0.05, 0.1) is 16.2 Å². The van der Waals surface area contributed by atoms with Gasteiger partial charge in [-0.3, -0.25) is 30.0 Å². The summed E-state index contributed by atoms with van der Waals surface area (Å²) in [4.78, 5) is 37.6. The smallest absolute Gasteiger partial charge is 0.288 e. The molecule has 1 aromatic rings. The second kappa shape index (κ2) is 8.86. The molecule has 1 aromatic heterocycles. The molecule has 2 amide bonds. The van der Waals surface area contributed by atoms with Crippen LogP contribution in [0.25, 0.3) is 0 Å². The van der Waals surface area contributed by atoms with Crippen molar-refractivity contribution < 1.29 is 14.5 Å². The lowest BCUT2D eigenvalue weighted by Gasteiger charge is -2.06. The maximum atomic E-state index is 12.0. The van der Waals surface area contributed by atoms with Gasteiger partial charge >= 0.3 is 0 Å². The van der Waals surface area contributed by atoms with E-state index in [2.05, 4.69) is 17.2 Å². The van der Waals surface area contributed by atoms with E-state index < -0.39 is 10.8 Å². The number of amides is 2. The lowest BCUT2D eigenvalue weighted by molar-refractivity contribution is -0.385. The van der Waals surface area contributed by atoms with Crippen LogP contribution in [0.3, 0.4) is 0 Å². The molecular weight excluding hydrogens is 286 g/mol. The Morgan fingerprint density at radius 1 is 1.27 bits per heavy atom. The van der Waals surface area contributed by atoms with Crippen molar-refractivity contribution in [2.45, 2.75) is 52.4 Å². The Morgan fingerprint density at radius 2 is 1.95 bits per heavy atom. The minimum Gasteiger partial charge on any atom is -0.292 e. The van der Waals surface area contributed by atoms with Gasteiger partial charge in [0, 0.05) is 12.5 Å². The summed E-state index contributed by atoms with van der Waals surface area (Å²) in [5.74, 6) is -1.01. The SMILES string of the molecule is CCCCCCCC(=O)NC(=O)c1cc([N+](=O)[O-])cnc1C. The number of rotatable bonds is 8. The van der Waals surface area contributed by atoms with E-state index in [-0.39, 0.29) is 23.6 Å². The van der Waals surface area contributed by atoms with Crippen LogP contribution in [0.2, 0.25) is 0 Å². The highest BCUT2D eigenvalue weighted by atomic mass is 16.6. The maximum absolute atomic E-state index is 12.0. The Hall–Kier alpha value is -2.31. The van der Waals surface area contributed by atoms with Gasteiger partial charge in [-0.25, -0.2) is 0 Å². The highest BCUT2D eigenvalue weighted by Crippen LogP contribution is 2.14. The molecule has 1 heterocycles.